The first-order valence-electron chi connectivity index (χ1n) is 7.18. The van der Waals surface area contributed by atoms with Gasteiger partial charge < -0.3 is 15.3 Å². The average molecular weight is 286 g/mol. The van der Waals surface area contributed by atoms with Gasteiger partial charge in [0.1, 0.15) is 0 Å². The van der Waals surface area contributed by atoms with E-state index >= 15 is 0 Å². The minimum Gasteiger partial charge on any atom is -0.389 e. The number of benzene rings is 2. The van der Waals surface area contributed by atoms with Gasteiger partial charge in [0.05, 0.1) is 18.3 Å². The van der Waals surface area contributed by atoms with Crippen molar-refractivity contribution < 1.29 is 15.3 Å². The summed E-state index contributed by atoms with van der Waals surface area (Å²) in [6.45, 7) is 5.15. The van der Waals surface area contributed by atoms with Crippen LogP contribution in [0, 0.1) is 0 Å². The molecule has 0 aliphatic carbocycles. The predicted octanol–water partition coefficient (Wildman–Crippen LogP) is 3.51. The molecule has 2 aromatic rings. The Balaban J connectivity index is 2.46. The SMILES string of the molecule is CC(O)c1ccc(-c2cc(C(C)O)cc(C(C)O)c2)cc1. The van der Waals surface area contributed by atoms with E-state index < -0.39 is 18.3 Å². The number of aliphatic hydroxyl groups is 3. The smallest absolute Gasteiger partial charge is 0.0762 e. The lowest BCUT2D eigenvalue weighted by molar-refractivity contribution is 0.192. The van der Waals surface area contributed by atoms with Crippen LogP contribution in [0.15, 0.2) is 42.5 Å². The van der Waals surface area contributed by atoms with E-state index in [-0.39, 0.29) is 0 Å². The van der Waals surface area contributed by atoms with Crippen molar-refractivity contribution in [2.45, 2.75) is 39.1 Å². The molecule has 3 nitrogen and oxygen atoms in total. The van der Waals surface area contributed by atoms with Gasteiger partial charge in [-0.1, -0.05) is 30.3 Å². The van der Waals surface area contributed by atoms with Crippen molar-refractivity contribution in [3.05, 3.63) is 59.2 Å². The Kier molecular flexibility index (Phi) is 4.78. The lowest BCUT2D eigenvalue weighted by atomic mass is 9.95. The molecule has 2 aromatic carbocycles. The van der Waals surface area contributed by atoms with Gasteiger partial charge in [0.15, 0.2) is 0 Å². The quantitative estimate of drug-likeness (QED) is 0.806. The Morgan fingerprint density at radius 1 is 0.571 bits per heavy atom. The molecule has 112 valence electrons. The van der Waals surface area contributed by atoms with Crippen molar-refractivity contribution in [2.75, 3.05) is 0 Å². The van der Waals surface area contributed by atoms with E-state index in [1.54, 1.807) is 20.8 Å². The van der Waals surface area contributed by atoms with Crippen LogP contribution in [0.25, 0.3) is 11.1 Å². The predicted molar refractivity (Wildman–Crippen MR) is 83.8 cm³/mol. The van der Waals surface area contributed by atoms with Gasteiger partial charge in [-0.25, -0.2) is 0 Å². The molecule has 0 amide bonds. The third-order valence-corrected chi connectivity index (χ3v) is 3.67. The lowest BCUT2D eigenvalue weighted by Gasteiger charge is -2.14. The normalized spacial score (nSPS) is 15.5. The fraction of sp³-hybridized carbons (Fsp3) is 0.333. The molecule has 3 unspecified atom stereocenters. The van der Waals surface area contributed by atoms with Crippen LogP contribution in [0.3, 0.4) is 0 Å². The highest BCUT2D eigenvalue weighted by molar-refractivity contribution is 5.66. The molecule has 0 radical (unpaired) electrons. The highest BCUT2D eigenvalue weighted by Crippen LogP contribution is 2.28. The van der Waals surface area contributed by atoms with E-state index in [0.717, 1.165) is 27.8 Å². The topological polar surface area (TPSA) is 60.7 Å². The number of aliphatic hydroxyl groups excluding tert-OH is 3. The zero-order chi connectivity index (χ0) is 15.6. The molecule has 3 atom stereocenters. The number of hydrogen-bond donors (Lipinski definition) is 3. The molecule has 0 aliphatic rings. The number of rotatable bonds is 4. The Morgan fingerprint density at radius 3 is 1.38 bits per heavy atom. The zero-order valence-corrected chi connectivity index (χ0v) is 12.6. The Morgan fingerprint density at radius 2 is 1.00 bits per heavy atom. The molecule has 0 fully saturated rings. The van der Waals surface area contributed by atoms with Gasteiger partial charge in [-0.3, -0.25) is 0 Å². The third-order valence-electron chi connectivity index (χ3n) is 3.67. The van der Waals surface area contributed by atoms with Crippen LogP contribution >= 0.6 is 0 Å². The average Bonchev–Trinajstić information content (AvgIpc) is 2.46. The summed E-state index contributed by atoms with van der Waals surface area (Å²) in [5.74, 6) is 0. The molecule has 2 rings (SSSR count). The summed E-state index contributed by atoms with van der Waals surface area (Å²) in [4.78, 5) is 0. The highest BCUT2D eigenvalue weighted by Gasteiger charge is 2.10. The van der Waals surface area contributed by atoms with Gasteiger partial charge >= 0.3 is 0 Å². The number of hydrogen-bond acceptors (Lipinski definition) is 3. The van der Waals surface area contributed by atoms with Crippen molar-refractivity contribution >= 4 is 0 Å². The van der Waals surface area contributed by atoms with Crippen molar-refractivity contribution in [3.8, 4) is 11.1 Å². The van der Waals surface area contributed by atoms with Crippen LogP contribution in [0.5, 0.6) is 0 Å². The van der Waals surface area contributed by atoms with E-state index in [2.05, 4.69) is 0 Å². The van der Waals surface area contributed by atoms with Crippen LogP contribution < -0.4 is 0 Å². The van der Waals surface area contributed by atoms with Crippen molar-refractivity contribution in [3.63, 3.8) is 0 Å². The van der Waals surface area contributed by atoms with Crippen molar-refractivity contribution in [2.24, 2.45) is 0 Å². The fourth-order valence-corrected chi connectivity index (χ4v) is 2.28. The molecule has 0 bridgehead atoms. The lowest BCUT2D eigenvalue weighted by Crippen LogP contribution is -1.98. The van der Waals surface area contributed by atoms with Crippen LogP contribution in [-0.4, -0.2) is 15.3 Å². The molecule has 0 heterocycles. The first-order chi connectivity index (χ1) is 9.88. The van der Waals surface area contributed by atoms with Crippen LogP contribution in [0.4, 0.5) is 0 Å². The second-order valence-electron chi connectivity index (χ2n) is 5.54. The summed E-state index contributed by atoms with van der Waals surface area (Å²) < 4.78 is 0. The summed E-state index contributed by atoms with van der Waals surface area (Å²) in [6.07, 6.45) is -1.66. The maximum atomic E-state index is 9.80. The summed E-state index contributed by atoms with van der Waals surface area (Å²) in [6, 6.07) is 13.3. The van der Waals surface area contributed by atoms with Crippen molar-refractivity contribution in [1.29, 1.82) is 0 Å². The third kappa shape index (κ3) is 3.70. The molecule has 0 aromatic heterocycles. The fourth-order valence-electron chi connectivity index (χ4n) is 2.28. The van der Waals surface area contributed by atoms with Gasteiger partial charge in [0, 0.05) is 0 Å². The van der Waals surface area contributed by atoms with Crippen molar-refractivity contribution in [1.82, 2.24) is 0 Å². The Labute approximate surface area is 125 Å². The molecular formula is C18H22O3. The van der Waals surface area contributed by atoms with Gasteiger partial charge in [0.2, 0.25) is 0 Å². The molecule has 0 spiro atoms. The first kappa shape index (κ1) is 15.7. The van der Waals surface area contributed by atoms with E-state index in [9.17, 15) is 15.3 Å². The van der Waals surface area contributed by atoms with Gasteiger partial charge in [-0.05, 0) is 60.7 Å². The molecule has 3 N–H and O–H groups in total. The molecule has 0 saturated carbocycles. The van der Waals surface area contributed by atoms with Crippen LogP contribution in [-0.2, 0) is 0 Å². The summed E-state index contributed by atoms with van der Waals surface area (Å²) in [5.41, 5.74) is 4.36. The van der Waals surface area contributed by atoms with Crippen LogP contribution in [0.2, 0.25) is 0 Å². The van der Waals surface area contributed by atoms with Gasteiger partial charge in [0.25, 0.3) is 0 Å². The summed E-state index contributed by atoms with van der Waals surface area (Å²) in [5, 5.41) is 29.2. The van der Waals surface area contributed by atoms with E-state index in [4.69, 9.17) is 0 Å². The van der Waals surface area contributed by atoms with Crippen LogP contribution in [0.1, 0.15) is 55.8 Å². The first-order valence-corrected chi connectivity index (χ1v) is 7.18. The monoisotopic (exact) mass is 286 g/mol. The molecule has 0 saturated heterocycles. The minimum atomic E-state index is -0.584. The minimum absolute atomic E-state index is 0.490. The van der Waals surface area contributed by atoms with E-state index in [0.29, 0.717) is 0 Å². The summed E-state index contributed by atoms with van der Waals surface area (Å²) >= 11 is 0. The molecular weight excluding hydrogens is 264 g/mol. The largest absolute Gasteiger partial charge is 0.389 e. The molecule has 0 aliphatic heterocycles. The maximum absolute atomic E-state index is 9.80. The molecule has 21 heavy (non-hydrogen) atoms. The second kappa shape index (κ2) is 6.39. The Hall–Kier alpha value is -1.68. The second-order valence-corrected chi connectivity index (χ2v) is 5.54. The van der Waals surface area contributed by atoms with Gasteiger partial charge in [-0.2, -0.15) is 0 Å². The zero-order valence-electron chi connectivity index (χ0n) is 12.6. The Bertz CT molecular complexity index is 572. The standard InChI is InChI=1S/C18H22O3/c1-11(19)14-4-6-15(7-5-14)18-9-16(12(2)20)8-17(10-18)13(3)21/h4-13,19-21H,1-3H3. The highest BCUT2D eigenvalue weighted by atomic mass is 16.3. The van der Waals surface area contributed by atoms with Gasteiger partial charge in [-0.15, -0.1) is 0 Å². The molecule has 3 heteroatoms. The van der Waals surface area contributed by atoms with E-state index in [1.165, 1.54) is 0 Å². The van der Waals surface area contributed by atoms with E-state index in [1.807, 2.05) is 42.5 Å². The maximum Gasteiger partial charge on any atom is 0.0762 e. The summed E-state index contributed by atoms with van der Waals surface area (Å²) in [7, 11) is 0.